The Hall–Kier alpha value is -4.01. The number of nitro groups is 1. The maximum absolute atomic E-state index is 12.5. The van der Waals surface area contributed by atoms with Gasteiger partial charge in [-0.25, -0.2) is 0 Å². The number of nitrogens with zero attached hydrogens (tertiary/aromatic N) is 1. The van der Waals surface area contributed by atoms with Gasteiger partial charge in [-0.15, -0.1) is 0 Å². The summed E-state index contributed by atoms with van der Waals surface area (Å²) in [6.45, 7) is 3.13. The first-order chi connectivity index (χ1) is 13.7. The molecule has 0 aliphatic heterocycles. The van der Waals surface area contributed by atoms with Crippen LogP contribution >= 0.6 is 0 Å². The molecule has 2 aromatic rings. The van der Waals surface area contributed by atoms with Crippen LogP contribution in [0.3, 0.4) is 0 Å². The fourth-order valence-electron chi connectivity index (χ4n) is 2.29. The predicted octanol–water partition coefficient (Wildman–Crippen LogP) is 2.26. The molecule has 9 nitrogen and oxygen atoms in total. The maximum atomic E-state index is 12.5. The van der Waals surface area contributed by atoms with Gasteiger partial charge < -0.3 is 15.7 Å². The minimum atomic E-state index is -1.25. The molecule has 2 aromatic carbocycles. The molecule has 0 bridgehead atoms. The van der Waals surface area contributed by atoms with Gasteiger partial charge in [0.1, 0.15) is 11.7 Å². The summed E-state index contributed by atoms with van der Waals surface area (Å²) in [6.07, 6.45) is 1.24. The van der Waals surface area contributed by atoms with Crippen molar-refractivity contribution in [3.05, 3.63) is 81.0 Å². The van der Waals surface area contributed by atoms with E-state index >= 15 is 0 Å². The molecule has 2 rings (SSSR count). The van der Waals surface area contributed by atoms with Crippen LogP contribution in [0, 0.1) is 17.0 Å². The van der Waals surface area contributed by atoms with E-state index in [0.29, 0.717) is 5.56 Å². The van der Waals surface area contributed by atoms with Crippen LogP contribution in [0.4, 0.5) is 5.69 Å². The Kier molecular flexibility index (Phi) is 6.80. The van der Waals surface area contributed by atoms with E-state index in [9.17, 15) is 24.5 Å². The predicted molar refractivity (Wildman–Crippen MR) is 105 cm³/mol. The van der Waals surface area contributed by atoms with Gasteiger partial charge in [-0.2, -0.15) is 0 Å². The first kappa shape index (κ1) is 21.3. The lowest BCUT2D eigenvalue weighted by Gasteiger charge is -2.13. The van der Waals surface area contributed by atoms with Crippen LogP contribution in [-0.4, -0.2) is 33.9 Å². The van der Waals surface area contributed by atoms with Crippen molar-refractivity contribution in [2.24, 2.45) is 0 Å². The van der Waals surface area contributed by atoms with E-state index in [-0.39, 0.29) is 16.9 Å². The zero-order valence-corrected chi connectivity index (χ0v) is 15.7. The Labute approximate surface area is 166 Å². The quantitative estimate of drug-likeness (QED) is 0.372. The maximum Gasteiger partial charge on any atom is 0.325 e. The van der Waals surface area contributed by atoms with E-state index in [1.165, 1.54) is 37.3 Å². The normalized spacial score (nSPS) is 12.0. The van der Waals surface area contributed by atoms with E-state index in [4.69, 9.17) is 5.11 Å². The molecule has 0 saturated carbocycles. The van der Waals surface area contributed by atoms with Crippen molar-refractivity contribution in [2.45, 2.75) is 19.9 Å². The minimum Gasteiger partial charge on any atom is -0.480 e. The molecule has 0 heterocycles. The summed E-state index contributed by atoms with van der Waals surface area (Å²) < 4.78 is 0. The molecule has 29 heavy (non-hydrogen) atoms. The number of hydrogen-bond acceptors (Lipinski definition) is 5. The smallest absolute Gasteiger partial charge is 0.325 e. The van der Waals surface area contributed by atoms with Crippen LogP contribution in [-0.2, 0) is 9.59 Å². The molecule has 9 heteroatoms. The van der Waals surface area contributed by atoms with Crippen LogP contribution in [0.1, 0.15) is 28.4 Å². The van der Waals surface area contributed by atoms with E-state index in [1.807, 2.05) is 6.92 Å². The van der Waals surface area contributed by atoms with Crippen LogP contribution < -0.4 is 10.6 Å². The highest BCUT2D eigenvalue weighted by atomic mass is 16.6. The summed E-state index contributed by atoms with van der Waals surface area (Å²) in [5.74, 6) is -2.68. The summed E-state index contributed by atoms with van der Waals surface area (Å²) in [4.78, 5) is 46.4. The van der Waals surface area contributed by atoms with Crippen LogP contribution in [0.15, 0.2) is 54.2 Å². The molecular formula is C20H19N3O6. The van der Waals surface area contributed by atoms with Gasteiger partial charge in [0, 0.05) is 17.7 Å². The number of carboxylic acid groups (broad SMARTS) is 1. The molecule has 3 N–H and O–H groups in total. The molecule has 0 aliphatic rings. The third kappa shape index (κ3) is 5.99. The highest BCUT2D eigenvalue weighted by Gasteiger charge is 2.20. The van der Waals surface area contributed by atoms with E-state index in [1.54, 1.807) is 24.3 Å². The molecule has 2 amide bonds. The van der Waals surface area contributed by atoms with Crippen molar-refractivity contribution in [3.63, 3.8) is 0 Å². The summed E-state index contributed by atoms with van der Waals surface area (Å²) in [7, 11) is 0. The number of aryl methyl sites for hydroxylation is 1. The van der Waals surface area contributed by atoms with Crippen molar-refractivity contribution >= 4 is 29.5 Å². The van der Waals surface area contributed by atoms with Crippen LogP contribution in [0.25, 0.3) is 6.08 Å². The number of nitro benzene ring substituents is 1. The fourth-order valence-corrected chi connectivity index (χ4v) is 2.29. The monoisotopic (exact) mass is 397 g/mol. The number of carbonyl (C=O) groups excluding carboxylic acids is 2. The zero-order valence-electron chi connectivity index (χ0n) is 15.7. The van der Waals surface area contributed by atoms with Gasteiger partial charge in [0.15, 0.2) is 0 Å². The topological polar surface area (TPSA) is 139 Å². The number of carboxylic acids is 1. The van der Waals surface area contributed by atoms with E-state index in [0.717, 1.165) is 5.56 Å². The Morgan fingerprint density at radius 1 is 1.14 bits per heavy atom. The van der Waals surface area contributed by atoms with Crippen molar-refractivity contribution in [1.29, 1.82) is 0 Å². The minimum absolute atomic E-state index is 0.192. The standard InChI is InChI=1S/C20H19N3O6/c1-12-6-8-15(9-7-12)18(24)22-17(19(25)21-13(2)20(26)27)11-14-4-3-5-16(10-14)23(28)29/h3-11,13H,1-2H3,(H,21,25)(H,22,24)(H,26,27)/b17-11-/t13-/m1/s1. The molecule has 0 saturated heterocycles. The Morgan fingerprint density at radius 2 is 1.79 bits per heavy atom. The van der Waals surface area contributed by atoms with Gasteiger partial charge in [0.05, 0.1) is 4.92 Å². The molecule has 150 valence electrons. The highest BCUT2D eigenvalue weighted by molar-refractivity contribution is 6.06. The molecule has 0 aromatic heterocycles. The van der Waals surface area contributed by atoms with Gasteiger partial charge in [0.2, 0.25) is 0 Å². The lowest BCUT2D eigenvalue weighted by atomic mass is 10.1. The Bertz CT molecular complexity index is 982. The average Bonchev–Trinajstić information content (AvgIpc) is 2.67. The first-order valence-electron chi connectivity index (χ1n) is 8.55. The molecule has 1 atom stereocenters. The van der Waals surface area contributed by atoms with Gasteiger partial charge in [-0.05, 0) is 37.6 Å². The van der Waals surface area contributed by atoms with Gasteiger partial charge in [-0.1, -0.05) is 29.8 Å². The summed E-state index contributed by atoms with van der Waals surface area (Å²) in [6, 6.07) is 10.9. The molecule has 0 radical (unpaired) electrons. The summed E-state index contributed by atoms with van der Waals surface area (Å²) in [5.41, 5.74) is 1.09. The van der Waals surface area contributed by atoms with E-state index < -0.39 is 28.7 Å². The summed E-state index contributed by atoms with van der Waals surface area (Å²) in [5, 5.41) is 24.6. The van der Waals surface area contributed by atoms with Gasteiger partial charge in [0.25, 0.3) is 17.5 Å². The lowest BCUT2D eigenvalue weighted by molar-refractivity contribution is -0.384. The number of non-ortho nitro benzene ring substituents is 1. The molecule has 0 spiro atoms. The number of aliphatic carboxylic acids is 1. The number of rotatable bonds is 7. The van der Waals surface area contributed by atoms with Crippen molar-refractivity contribution in [1.82, 2.24) is 10.6 Å². The number of amides is 2. The Balaban J connectivity index is 2.36. The Morgan fingerprint density at radius 3 is 2.38 bits per heavy atom. The molecular weight excluding hydrogens is 378 g/mol. The number of hydrogen-bond donors (Lipinski definition) is 3. The summed E-state index contributed by atoms with van der Waals surface area (Å²) >= 11 is 0. The highest BCUT2D eigenvalue weighted by Crippen LogP contribution is 2.16. The fraction of sp³-hybridized carbons (Fsp3) is 0.150. The van der Waals surface area contributed by atoms with Crippen LogP contribution in [0.2, 0.25) is 0 Å². The van der Waals surface area contributed by atoms with E-state index in [2.05, 4.69) is 10.6 Å². The number of nitrogens with one attached hydrogen (secondary N) is 2. The lowest BCUT2D eigenvalue weighted by Crippen LogP contribution is -2.42. The third-order valence-electron chi connectivity index (χ3n) is 3.92. The molecule has 0 fully saturated rings. The third-order valence-corrected chi connectivity index (χ3v) is 3.92. The second-order valence-electron chi connectivity index (χ2n) is 6.26. The van der Waals surface area contributed by atoms with Crippen molar-refractivity contribution in [3.8, 4) is 0 Å². The molecule has 0 aliphatic carbocycles. The zero-order chi connectivity index (χ0) is 21.6. The second kappa shape index (κ2) is 9.27. The number of benzene rings is 2. The van der Waals surface area contributed by atoms with Crippen molar-refractivity contribution in [2.75, 3.05) is 0 Å². The number of carbonyl (C=O) groups is 3. The molecule has 0 unspecified atom stereocenters. The van der Waals surface area contributed by atoms with Gasteiger partial charge in [-0.3, -0.25) is 24.5 Å². The van der Waals surface area contributed by atoms with Gasteiger partial charge >= 0.3 is 5.97 Å². The van der Waals surface area contributed by atoms with Crippen molar-refractivity contribution < 1.29 is 24.4 Å². The SMILES string of the molecule is Cc1ccc(C(=O)N/C(=C\c2cccc([N+](=O)[O-])c2)C(=O)N[C@H](C)C(=O)O)cc1. The largest absolute Gasteiger partial charge is 0.480 e. The van der Waals surface area contributed by atoms with Crippen LogP contribution in [0.5, 0.6) is 0 Å². The first-order valence-corrected chi connectivity index (χ1v) is 8.55. The average molecular weight is 397 g/mol. The second-order valence-corrected chi connectivity index (χ2v) is 6.26.